The van der Waals surface area contributed by atoms with Crippen molar-refractivity contribution in [3.63, 3.8) is 0 Å². The smallest absolute Gasteiger partial charge is 0.352 e. The van der Waals surface area contributed by atoms with E-state index in [-0.39, 0.29) is 11.5 Å². The Morgan fingerprint density at radius 2 is 1.52 bits per heavy atom. The van der Waals surface area contributed by atoms with Crippen LogP contribution in [-0.2, 0) is 4.79 Å². The minimum Gasteiger partial charge on any atom is -0.479 e. The number of ketones is 1. The van der Waals surface area contributed by atoms with E-state index in [1.165, 1.54) is 36.4 Å². The molecule has 0 radical (unpaired) electrons. The molecule has 0 N–H and O–H groups in total. The van der Waals surface area contributed by atoms with Crippen LogP contribution >= 0.6 is 11.6 Å². The molecule has 3 aromatic carbocycles. The van der Waals surface area contributed by atoms with Crippen molar-refractivity contribution < 1.29 is 23.5 Å². The van der Waals surface area contributed by atoms with Crippen LogP contribution in [0.3, 0.4) is 0 Å². The summed E-state index contributed by atoms with van der Waals surface area (Å²) in [6, 6.07) is 16.5. The van der Waals surface area contributed by atoms with Crippen LogP contribution in [-0.4, -0.2) is 17.9 Å². The lowest BCUT2D eigenvalue weighted by Crippen LogP contribution is -2.28. The van der Waals surface area contributed by atoms with Gasteiger partial charge in [-0.3, -0.25) is 4.79 Å². The number of rotatable bonds is 6. The van der Waals surface area contributed by atoms with Crippen molar-refractivity contribution in [2.75, 3.05) is 0 Å². The Labute approximate surface area is 172 Å². The van der Waals surface area contributed by atoms with Gasteiger partial charge in [-0.1, -0.05) is 11.6 Å². The van der Waals surface area contributed by atoms with Gasteiger partial charge in [0, 0.05) is 16.1 Å². The Morgan fingerprint density at radius 3 is 2.10 bits per heavy atom. The van der Waals surface area contributed by atoms with Crippen molar-refractivity contribution in [1.29, 1.82) is 0 Å². The molecule has 148 valence electrons. The van der Waals surface area contributed by atoms with Gasteiger partial charge < -0.3 is 9.47 Å². The van der Waals surface area contributed by atoms with Crippen LogP contribution in [0.2, 0.25) is 5.02 Å². The summed E-state index contributed by atoms with van der Waals surface area (Å²) in [6.45, 7) is 3.42. The lowest BCUT2D eigenvalue weighted by molar-refractivity contribution is -0.141. The zero-order chi connectivity index (χ0) is 21.0. The molecule has 0 bridgehead atoms. The van der Waals surface area contributed by atoms with Gasteiger partial charge in [0.05, 0.1) is 0 Å². The SMILES string of the molecule is Cc1cc(Cl)ccc1O[C@@H](C)C(=O)Oc1ccc(C(=O)c2ccc(F)cc2)cc1. The molecule has 0 saturated heterocycles. The molecule has 6 heteroatoms. The zero-order valence-corrected chi connectivity index (χ0v) is 16.6. The maximum Gasteiger partial charge on any atom is 0.352 e. The second-order valence-electron chi connectivity index (χ2n) is 6.45. The molecule has 4 nitrogen and oxygen atoms in total. The van der Waals surface area contributed by atoms with Crippen LogP contribution in [0.1, 0.15) is 28.4 Å². The quantitative estimate of drug-likeness (QED) is 0.309. The molecule has 3 aromatic rings. The highest BCUT2D eigenvalue weighted by Gasteiger charge is 2.19. The van der Waals surface area contributed by atoms with Gasteiger partial charge in [-0.25, -0.2) is 9.18 Å². The molecule has 0 aliphatic rings. The molecule has 0 unspecified atom stereocenters. The lowest BCUT2D eigenvalue weighted by Gasteiger charge is -2.15. The summed E-state index contributed by atoms with van der Waals surface area (Å²) >= 11 is 5.92. The molecule has 0 aliphatic heterocycles. The summed E-state index contributed by atoms with van der Waals surface area (Å²) in [7, 11) is 0. The monoisotopic (exact) mass is 412 g/mol. The fraction of sp³-hybridized carbons (Fsp3) is 0.130. The van der Waals surface area contributed by atoms with E-state index >= 15 is 0 Å². The van der Waals surface area contributed by atoms with Crippen molar-refractivity contribution in [1.82, 2.24) is 0 Å². The van der Waals surface area contributed by atoms with Gasteiger partial charge in [0.25, 0.3) is 0 Å². The summed E-state index contributed by atoms with van der Waals surface area (Å²) in [6.07, 6.45) is -0.838. The second-order valence-corrected chi connectivity index (χ2v) is 6.89. The number of esters is 1. The van der Waals surface area contributed by atoms with Gasteiger partial charge in [0.15, 0.2) is 11.9 Å². The average molecular weight is 413 g/mol. The minimum atomic E-state index is -0.838. The van der Waals surface area contributed by atoms with E-state index in [9.17, 15) is 14.0 Å². The molecule has 1 atom stereocenters. The van der Waals surface area contributed by atoms with Gasteiger partial charge >= 0.3 is 5.97 Å². The highest BCUT2D eigenvalue weighted by Crippen LogP contribution is 2.23. The second kappa shape index (κ2) is 8.88. The number of hydrogen-bond donors (Lipinski definition) is 0. The van der Waals surface area contributed by atoms with Crippen LogP contribution in [0.5, 0.6) is 11.5 Å². The normalized spacial score (nSPS) is 11.6. The molecule has 0 heterocycles. The molecule has 0 aliphatic carbocycles. The molecule has 3 rings (SSSR count). The third kappa shape index (κ3) is 5.21. The van der Waals surface area contributed by atoms with Gasteiger partial charge in [-0.05, 0) is 86.1 Å². The Balaban J connectivity index is 1.63. The number of benzene rings is 3. The summed E-state index contributed by atoms with van der Waals surface area (Å²) < 4.78 is 24.0. The minimum absolute atomic E-state index is 0.252. The van der Waals surface area contributed by atoms with Crippen molar-refractivity contribution >= 4 is 23.4 Å². The Kier molecular flexibility index (Phi) is 6.29. The molecule has 0 spiro atoms. The Morgan fingerprint density at radius 1 is 0.931 bits per heavy atom. The maximum absolute atomic E-state index is 13.0. The Bertz CT molecular complexity index is 1030. The van der Waals surface area contributed by atoms with E-state index in [1.54, 1.807) is 37.3 Å². The number of carbonyl (C=O) groups excluding carboxylic acids is 2. The zero-order valence-electron chi connectivity index (χ0n) is 15.8. The first kappa shape index (κ1) is 20.6. The van der Waals surface area contributed by atoms with Gasteiger partial charge in [-0.15, -0.1) is 0 Å². The van der Waals surface area contributed by atoms with Crippen LogP contribution in [0.4, 0.5) is 4.39 Å². The first-order valence-electron chi connectivity index (χ1n) is 8.88. The molecule has 0 saturated carbocycles. The molecular formula is C23H18ClFO4. The van der Waals surface area contributed by atoms with E-state index in [1.807, 2.05) is 6.92 Å². The van der Waals surface area contributed by atoms with E-state index < -0.39 is 17.9 Å². The lowest BCUT2D eigenvalue weighted by atomic mass is 10.0. The third-order valence-electron chi connectivity index (χ3n) is 4.21. The number of ether oxygens (including phenoxy) is 2. The van der Waals surface area contributed by atoms with Crippen molar-refractivity contribution in [3.8, 4) is 11.5 Å². The number of aryl methyl sites for hydroxylation is 1. The summed E-state index contributed by atoms with van der Waals surface area (Å²) in [5.74, 6) is -0.406. The first-order valence-corrected chi connectivity index (χ1v) is 9.26. The van der Waals surface area contributed by atoms with Crippen molar-refractivity contribution in [3.05, 3.63) is 94.3 Å². The highest BCUT2D eigenvalue weighted by atomic mass is 35.5. The topological polar surface area (TPSA) is 52.6 Å². The van der Waals surface area contributed by atoms with Gasteiger partial charge in [0.1, 0.15) is 17.3 Å². The van der Waals surface area contributed by atoms with Crippen LogP contribution in [0, 0.1) is 12.7 Å². The predicted octanol–water partition coefficient (Wildman–Crippen LogP) is 5.39. The maximum atomic E-state index is 13.0. The van der Waals surface area contributed by atoms with Crippen LogP contribution in [0.15, 0.2) is 66.7 Å². The summed E-state index contributed by atoms with van der Waals surface area (Å²) in [4.78, 5) is 24.7. The molecule has 0 fully saturated rings. The standard InChI is InChI=1S/C23H18ClFO4/c1-14-13-18(24)7-12-21(14)28-15(2)23(27)29-20-10-5-17(6-11-20)22(26)16-3-8-19(25)9-4-16/h3-13,15H,1-2H3/t15-/m0/s1. The molecule has 0 aromatic heterocycles. The largest absolute Gasteiger partial charge is 0.479 e. The van der Waals surface area contributed by atoms with E-state index in [0.717, 1.165) is 5.56 Å². The van der Waals surface area contributed by atoms with Crippen molar-refractivity contribution in [2.24, 2.45) is 0 Å². The van der Waals surface area contributed by atoms with Crippen LogP contribution in [0.25, 0.3) is 0 Å². The van der Waals surface area contributed by atoms with E-state index in [4.69, 9.17) is 21.1 Å². The molecule has 29 heavy (non-hydrogen) atoms. The summed E-state index contributed by atoms with van der Waals surface area (Å²) in [5, 5.41) is 0.584. The fourth-order valence-electron chi connectivity index (χ4n) is 2.63. The number of hydrogen-bond acceptors (Lipinski definition) is 4. The third-order valence-corrected chi connectivity index (χ3v) is 4.45. The summed E-state index contributed by atoms with van der Waals surface area (Å²) in [5.41, 5.74) is 1.58. The van der Waals surface area contributed by atoms with Crippen molar-refractivity contribution in [2.45, 2.75) is 20.0 Å². The van der Waals surface area contributed by atoms with Crippen LogP contribution < -0.4 is 9.47 Å². The first-order chi connectivity index (χ1) is 13.8. The predicted molar refractivity (Wildman–Crippen MR) is 108 cm³/mol. The highest BCUT2D eigenvalue weighted by molar-refractivity contribution is 6.30. The molecular weight excluding hydrogens is 395 g/mol. The Hall–Kier alpha value is -3.18. The van der Waals surface area contributed by atoms with E-state index in [0.29, 0.717) is 21.9 Å². The fourth-order valence-corrected chi connectivity index (χ4v) is 2.85. The molecule has 0 amide bonds. The number of halogens is 2. The van der Waals surface area contributed by atoms with E-state index in [2.05, 4.69) is 0 Å². The average Bonchev–Trinajstić information content (AvgIpc) is 2.70. The van der Waals surface area contributed by atoms with Gasteiger partial charge in [0.2, 0.25) is 0 Å². The van der Waals surface area contributed by atoms with Gasteiger partial charge in [-0.2, -0.15) is 0 Å². The number of carbonyl (C=O) groups is 2.